The Hall–Kier alpha value is -3.85. The molecule has 3 aromatic carbocycles. The molecule has 0 saturated carbocycles. The molecule has 0 aliphatic carbocycles. The minimum Gasteiger partial charge on any atom is -0.497 e. The number of nitrogens with zero attached hydrogens (tertiary/aromatic N) is 2. The number of aryl methyl sites for hydroxylation is 2. The maximum absolute atomic E-state index is 14.2. The Morgan fingerprint density at radius 1 is 0.927 bits per heavy atom. The second kappa shape index (κ2) is 13.2. The van der Waals surface area contributed by atoms with Crippen molar-refractivity contribution in [2.24, 2.45) is 0 Å². The molecular formula is C32H41N3O5S. The Labute approximate surface area is 244 Å². The number of anilines is 1. The van der Waals surface area contributed by atoms with Crippen LogP contribution >= 0.6 is 0 Å². The first kappa shape index (κ1) is 31.7. The van der Waals surface area contributed by atoms with Gasteiger partial charge < -0.3 is 15.0 Å². The number of sulfonamides is 1. The molecule has 0 spiro atoms. The summed E-state index contributed by atoms with van der Waals surface area (Å²) in [6.45, 7) is 11.0. The van der Waals surface area contributed by atoms with E-state index in [1.165, 1.54) is 24.1 Å². The number of hydrogen-bond donors (Lipinski definition) is 1. The molecule has 0 saturated heterocycles. The van der Waals surface area contributed by atoms with Crippen molar-refractivity contribution >= 4 is 27.5 Å². The molecular weight excluding hydrogens is 538 g/mol. The van der Waals surface area contributed by atoms with Gasteiger partial charge in [0.2, 0.25) is 11.8 Å². The van der Waals surface area contributed by atoms with Crippen molar-refractivity contribution < 1.29 is 22.7 Å². The van der Waals surface area contributed by atoms with E-state index in [4.69, 9.17) is 4.74 Å². The number of amides is 2. The fraction of sp³-hybridized carbons (Fsp3) is 0.375. The third-order valence-corrected chi connectivity index (χ3v) is 8.52. The number of benzene rings is 3. The van der Waals surface area contributed by atoms with Gasteiger partial charge in [-0.2, -0.15) is 0 Å². The molecule has 0 aliphatic rings. The van der Waals surface area contributed by atoms with Crippen molar-refractivity contribution in [3.63, 3.8) is 0 Å². The van der Waals surface area contributed by atoms with Gasteiger partial charge in [0.15, 0.2) is 0 Å². The molecule has 1 atom stereocenters. The SMILES string of the molecule is CC[C@@H](C(=O)NC(C)(C)C)N(Cc1ccccc1C)C(=O)CN(c1ccc(C)cc1)S(=O)(=O)c1ccc(OC)cc1. The summed E-state index contributed by atoms with van der Waals surface area (Å²) < 4.78 is 34.3. The van der Waals surface area contributed by atoms with E-state index in [1.807, 2.05) is 65.8 Å². The number of carbonyl (C=O) groups is 2. The summed E-state index contributed by atoms with van der Waals surface area (Å²) in [6.07, 6.45) is 0.356. The van der Waals surface area contributed by atoms with Gasteiger partial charge in [0.25, 0.3) is 10.0 Å². The molecule has 1 N–H and O–H groups in total. The van der Waals surface area contributed by atoms with E-state index in [2.05, 4.69) is 5.32 Å². The van der Waals surface area contributed by atoms with E-state index in [-0.39, 0.29) is 17.3 Å². The molecule has 0 unspecified atom stereocenters. The molecule has 3 rings (SSSR count). The fourth-order valence-electron chi connectivity index (χ4n) is 4.46. The van der Waals surface area contributed by atoms with Gasteiger partial charge in [0.1, 0.15) is 18.3 Å². The molecule has 2 amide bonds. The van der Waals surface area contributed by atoms with Crippen molar-refractivity contribution in [2.45, 2.75) is 71.0 Å². The lowest BCUT2D eigenvalue weighted by Gasteiger charge is -2.35. The second-order valence-electron chi connectivity index (χ2n) is 11.1. The highest BCUT2D eigenvalue weighted by atomic mass is 32.2. The third-order valence-electron chi connectivity index (χ3n) is 6.73. The average Bonchev–Trinajstić information content (AvgIpc) is 2.92. The molecule has 0 bridgehead atoms. The fourth-order valence-corrected chi connectivity index (χ4v) is 5.87. The second-order valence-corrected chi connectivity index (χ2v) is 13.0. The van der Waals surface area contributed by atoms with E-state index in [0.717, 1.165) is 21.0 Å². The van der Waals surface area contributed by atoms with E-state index in [9.17, 15) is 18.0 Å². The van der Waals surface area contributed by atoms with Crippen molar-refractivity contribution in [3.8, 4) is 5.75 Å². The Bertz CT molecular complexity index is 1450. The van der Waals surface area contributed by atoms with Gasteiger partial charge in [-0.15, -0.1) is 0 Å². The lowest BCUT2D eigenvalue weighted by atomic mass is 10.0. The van der Waals surface area contributed by atoms with E-state index in [0.29, 0.717) is 17.9 Å². The molecule has 41 heavy (non-hydrogen) atoms. The molecule has 0 radical (unpaired) electrons. The molecule has 0 aliphatic heterocycles. The lowest BCUT2D eigenvalue weighted by Crippen LogP contribution is -2.55. The quantitative estimate of drug-likeness (QED) is 0.336. The van der Waals surface area contributed by atoms with Crippen LogP contribution in [0.2, 0.25) is 0 Å². The van der Waals surface area contributed by atoms with Gasteiger partial charge in [-0.05, 0) is 88.6 Å². The Morgan fingerprint density at radius 3 is 2.07 bits per heavy atom. The van der Waals surface area contributed by atoms with Crippen molar-refractivity contribution in [2.75, 3.05) is 18.0 Å². The number of hydrogen-bond acceptors (Lipinski definition) is 5. The maximum Gasteiger partial charge on any atom is 0.264 e. The van der Waals surface area contributed by atoms with Crippen molar-refractivity contribution in [1.82, 2.24) is 10.2 Å². The number of carbonyl (C=O) groups excluding carboxylic acids is 2. The molecule has 0 aromatic heterocycles. The number of nitrogens with one attached hydrogen (secondary N) is 1. The van der Waals surface area contributed by atoms with Gasteiger partial charge in [0.05, 0.1) is 17.7 Å². The van der Waals surface area contributed by atoms with Gasteiger partial charge in [-0.25, -0.2) is 8.42 Å². The van der Waals surface area contributed by atoms with Gasteiger partial charge in [-0.1, -0.05) is 48.9 Å². The van der Waals surface area contributed by atoms with E-state index in [1.54, 1.807) is 36.4 Å². The van der Waals surface area contributed by atoms with Gasteiger partial charge in [0, 0.05) is 12.1 Å². The zero-order valence-electron chi connectivity index (χ0n) is 25.0. The summed E-state index contributed by atoms with van der Waals surface area (Å²) in [6, 6.07) is 19.8. The zero-order valence-corrected chi connectivity index (χ0v) is 25.8. The van der Waals surface area contributed by atoms with Crippen LogP contribution in [0.5, 0.6) is 5.75 Å². The van der Waals surface area contributed by atoms with Gasteiger partial charge >= 0.3 is 0 Å². The highest BCUT2D eigenvalue weighted by Crippen LogP contribution is 2.27. The van der Waals surface area contributed by atoms with Crippen LogP contribution in [0.3, 0.4) is 0 Å². The first-order valence-electron chi connectivity index (χ1n) is 13.7. The first-order chi connectivity index (χ1) is 19.3. The van der Waals surface area contributed by atoms with Crippen LogP contribution in [-0.2, 0) is 26.2 Å². The summed E-state index contributed by atoms with van der Waals surface area (Å²) >= 11 is 0. The average molecular weight is 580 g/mol. The summed E-state index contributed by atoms with van der Waals surface area (Å²) in [5, 5.41) is 2.99. The number of ether oxygens (including phenoxy) is 1. The zero-order chi connectivity index (χ0) is 30.4. The smallest absolute Gasteiger partial charge is 0.264 e. The van der Waals surface area contributed by atoms with Crippen LogP contribution in [0, 0.1) is 13.8 Å². The summed E-state index contributed by atoms with van der Waals surface area (Å²) in [7, 11) is -2.65. The molecule has 0 fully saturated rings. The third kappa shape index (κ3) is 8.10. The highest BCUT2D eigenvalue weighted by molar-refractivity contribution is 7.92. The van der Waals surface area contributed by atoms with E-state index >= 15 is 0 Å². The number of rotatable bonds is 11. The van der Waals surface area contributed by atoms with Crippen LogP contribution < -0.4 is 14.4 Å². The summed E-state index contributed by atoms with van der Waals surface area (Å²) in [5.41, 5.74) is 2.64. The monoisotopic (exact) mass is 579 g/mol. The Balaban J connectivity index is 2.08. The predicted molar refractivity (Wildman–Crippen MR) is 162 cm³/mol. The standard InChI is InChI=1S/C32H41N3O5S/c1-8-29(31(37)33-32(4,5)6)34(21-25-12-10-9-11-24(25)3)30(36)22-35(26-15-13-23(2)14-16-26)41(38,39)28-19-17-27(40-7)18-20-28/h9-20,29H,8,21-22H2,1-7H3,(H,33,37)/t29-/m0/s1. The molecule has 8 nitrogen and oxygen atoms in total. The molecule has 0 heterocycles. The van der Waals surface area contributed by atoms with Crippen LogP contribution in [0.4, 0.5) is 5.69 Å². The minimum atomic E-state index is -4.15. The Kier molecular flexibility index (Phi) is 10.2. The first-order valence-corrected chi connectivity index (χ1v) is 15.1. The molecule has 3 aromatic rings. The van der Waals surface area contributed by atoms with Gasteiger partial charge in [-0.3, -0.25) is 13.9 Å². The van der Waals surface area contributed by atoms with Crippen LogP contribution in [0.1, 0.15) is 50.8 Å². The van der Waals surface area contributed by atoms with Crippen LogP contribution in [0.25, 0.3) is 0 Å². The number of methoxy groups -OCH3 is 1. The maximum atomic E-state index is 14.2. The van der Waals surface area contributed by atoms with Crippen LogP contribution in [0.15, 0.2) is 77.7 Å². The van der Waals surface area contributed by atoms with E-state index < -0.39 is 34.1 Å². The minimum absolute atomic E-state index is 0.0228. The molecule has 9 heteroatoms. The molecule has 220 valence electrons. The highest BCUT2D eigenvalue weighted by Gasteiger charge is 2.34. The van der Waals surface area contributed by atoms with Crippen molar-refractivity contribution in [3.05, 3.63) is 89.5 Å². The largest absolute Gasteiger partial charge is 0.497 e. The lowest BCUT2D eigenvalue weighted by molar-refractivity contribution is -0.141. The summed E-state index contributed by atoms with van der Waals surface area (Å²) in [5.74, 6) is -0.259. The Morgan fingerprint density at radius 2 is 1.54 bits per heavy atom. The topological polar surface area (TPSA) is 96.0 Å². The summed E-state index contributed by atoms with van der Waals surface area (Å²) in [4.78, 5) is 29.1. The van der Waals surface area contributed by atoms with Crippen molar-refractivity contribution in [1.29, 1.82) is 0 Å². The van der Waals surface area contributed by atoms with Crippen LogP contribution in [-0.4, -0.2) is 50.4 Å². The predicted octanol–water partition coefficient (Wildman–Crippen LogP) is 5.23. The normalized spacial score (nSPS) is 12.4.